The van der Waals surface area contributed by atoms with Gasteiger partial charge >= 0.3 is 6.03 Å². The van der Waals surface area contributed by atoms with E-state index in [4.69, 9.17) is 9.47 Å². The van der Waals surface area contributed by atoms with Gasteiger partial charge in [0, 0.05) is 49.3 Å². The number of amides is 2. The third kappa shape index (κ3) is 4.23. The molecule has 2 amide bonds. The van der Waals surface area contributed by atoms with Crippen LogP contribution >= 0.6 is 0 Å². The molecule has 0 saturated carbocycles. The van der Waals surface area contributed by atoms with Crippen molar-refractivity contribution in [3.05, 3.63) is 36.7 Å². The topological polar surface area (TPSA) is 109 Å². The van der Waals surface area contributed by atoms with E-state index in [-0.39, 0.29) is 6.03 Å². The zero-order valence-electron chi connectivity index (χ0n) is 17.0. The van der Waals surface area contributed by atoms with Gasteiger partial charge in [0.05, 0.1) is 37.8 Å². The molecule has 2 aromatic heterocycles. The highest BCUT2D eigenvalue weighted by molar-refractivity contribution is 5.94. The predicted octanol–water partition coefficient (Wildman–Crippen LogP) is 2.59. The van der Waals surface area contributed by atoms with Gasteiger partial charge in [-0.15, -0.1) is 0 Å². The van der Waals surface area contributed by atoms with Crippen LogP contribution in [0.5, 0.6) is 5.75 Å². The molecule has 30 heavy (non-hydrogen) atoms. The number of carbonyl (C=O) groups is 1. The summed E-state index contributed by atoms with van der Waals surface area (Å²) < 4.78 is 12.7. The average Bonchev–Trinajstić information content (AvgIpc) is 3.50. The molecular weight excluding hydrogens is 386 g/mol. The number of ether oxygens (including phenoxy) is 2. The lowest BCUT2D eigenvalue weighted by Gasteiger charge is -2.16. The van der Waals surface area contributed by atoms with Gasteiger partial charge in [-0.05, 0) is 19.1 Å². The lowest BCUT2D eigenvalue weighted by atomic mass is 10.1. The lowest BCUT2D eigenvalue weighted by Crippen LogP contribution is -2.27. The van der Waals surface area contributed by atoms with Crippen LogP contribution in [0.2, 0.25) is 0 Å². The van der Waals surface area contributed by atoms with Gasteiger partial charge in [-0.25, -0.2) is 4.79 Å². The van der Waals surface area contributed by atoms with Crippen LogP contribution in [0.15, 0.2) is 36.7 Å². The molecule has 0 radical (unpaired) electrons. The number of H-pyrrole nitrogens is 1. The van der Waals surface area contributed by atoms with Crippen LogP contribution in [0, 0.1) is 0 Å². The molecule has 1 aromatic carbocycles. The van der Waals surface area contributed by atoms with Gasteiger partial charge in [-0.2, -0.15) is 10.2 Å². The number of benzene rings is 1. The zero-order chi connectivity index (χ0) is 20.9. The molecule has 1 saturated heterocycles. The van der Waals surface area contributed by atoms with E-state index >= 15 is 0 Å². The van der Waals surface area contributed by atoms with Crippen molar-refractivity contribution < 1.29 is 14.3 Å². The molecule has 0 spiro atoms. The summed E-state index contributed by atoms with van der Waals surface area (Å²) in [5, 5.41) is 17.7. The first-order valence-corrected chi connectivity index (χ1v) is 9.84. The Hall–Kier alpha value is -3.53. The summed E-state index contributed by atoms with van der Waals surface area (Å²) in [7, 11) is 1.61. The highest BCUT2D eigenvalue weighted by Gasteiger charge is 2.22. The zero-order valence-corrected chi connectivity index (χ0v) is 17.0. The molecular formula is C20H25N7O3. The van der Waals surface area contributed by atoms with Crippen LogP contribution in [0.4, 0.5) is 22.0 Å². The maximum absolute atomic E-state index is 11.9. The standard InChI is InChI=1S/C20H25N7O3/c1-3-30-9-8-26-13-14(12-22-26)23-19-11-17(24-25-19)16-5-4-15(10-18(16)29-2)27-7-6-21-20(27)28/h4-5,10-13H,3,6-9H2,1-2H3,(H,21,28)(H2,23,24,25). The van der Waals surface area contributed by atoms with Crippen LogP contribution in [-0.4, -0.2) is 59.4 Å². The van der Waals surface area contributed by atoms with E-state index in [2.05, 4.69) is 25.9 Å². The lowest BCUT2D eigenvalue weighted by molar-refractivity contribution is 0.136. The molecule has 3 aromatic rings. The van der Waals surface area contributed by atoms with Gasteiger partial charge < -0.3 is 20.1 Å². The molecule has 158 valence electrons. The summed E-state index contributed by atoms with van der Waals surface area (Å²) in [6, 6.07) is 7.48. The molecule has 1 aliphatic heterocycles. The summed E-state index contributed by atoms with van der Waals surface area (Å²) in [6.07, 6.45) is 3.65. The Bertz CT molecular complexity index is 1010. The highest BCUT2D eigenvalue weighted by Crippen LogP contribution is 2.34. The summed E-state index contributed by atoms with van der Waals surface area (Å²) >= 11 is 0. The van der Waals surface area contributed by atoms with Gasteiger partial charge in [0.1, 0.15) is 5.75 Å². The first kappa shape index (κ1) is 19.8. The van der Waals surface area contributed by atoms with E-state index in [0.717, 1.165) is 22.6 Å². The Morgan fingerprint density at radius 3 is 2.97 bits per heavy atom. The van der Waals surface area contributed by atoms with E-state index < -0.39 is 0 Å². The molecule has 10 nitrogen and oxygen atoms in total. The third-order valence-electron chi connectivity index (χ3n) is 4.80. The minimum Gasteiger partial charge on any atom is -0.496 e. The predicted molar refractivity (Wildman–Crippen MR) is 113 cm³/mol. The average molecular weight is 411 g/mol. The van der Waals surface area contributed by atoms with Crippen LogP contribution in [0.25, 0.3) is 11.3 Å². The van der Waals surface area contributed by atoms with Crippen molar-refractivity contribution in [1.29, 1.82) is 0 Å². The van der Waals surface area contributed by atoms with E-state index in [1.807, 2.05) is 42.1 Å². The van der Waals surface area contributed by atoms with Crippen molar-refractivity contribution in [1.82, 2.24) is 25.3 Å². The number of hydrogen-bond acceptors (Lipinski definition) is 6. The van der Waals surface area contributed by atoms with Crippen LogP contribution < -0.4 is 20.3 Å². The quantitative estimate of drug-likeness (QED) is 0.467. The first-order valence-electron chi connectivity index (χ1n) is 9.84. The fourth-order valence-corrected chi connectivity index (χ4v) is 3.31. The van der Waals surface area contributed by atoms with E-state index in [1.54, 1.807) is 18.2 Å². The van der Waals surface area contributed by atoms with Crippen molar-refractivity contribution in [2.75, 3.05) is 43.6 Å². The minimum atomic E-state index is -0.0976. The number of hydrogen-bond donors (Lipinski definition) is 3. The van der Waals surface area contributed by atoms with Crippen molar-refractivity contribution in [3.8, 4) is 17.0 Å². The van der Waals surface area contributed by atoms with Crippen molar-refractivity contribution in [2.45, 2.75) is 13.5 Å². The van der Waals surface area contributed by atoms with Gasteiger partial charge in [0.15, 0.2) is 5.82 Å². The number of urea groups is 1. The number of anilines is 3. The Labute approximate surface area is 174 Å². The van der Waals surface area contributed by atoms with Crippen LogP contribution in [0.3, 0.4) is 0 Å². The number of aromatic nitrogens is 4. The number of carbonyl (C=O) groups excluding carboxylic acids is 1. The summed E-state index contributed by atoms with van der Waals surface area (Å²) in [5.41, 5.74) is 3.29. The van der Waals surface area contributed by atoms with Crippen LogP contribution in [0.1, 0.15) is 6.92 Å². The van der Waals surface area contributed by atoms with E-state index in [0.29, 0.717) is 44.4 Å². The van der Waals surface area contributed by atoms with Gasteiger partial charge in [-0.3, -0.25) is 14.7 Å². The van der Waals surface area contributed by atoms with Crippen molar-refractivity contribution in [2.24, 2.45) is 0 Å². The Morgan fingerprint density at radius 2 is 2.20 bits per heavy atom. The van der Waals surface area contributed by atoms with Crippen molar-refractivity contribution in [3.63, 3.8) is 0 Å². The Morgan fingerprint density at radius 1 is 1.30 bits per heavy atom. The maximum atomic E-state index is 11.9. The van der Waals surface area contributed by atoms with E-state index in [9.17, 15) is 4.79 Å². The molecule has 1 aliphatic rings. The number of aromatic amines is 1. The summed E-state index contributed by atoms with van der Waals surface area (Å²) in [4.78, 5) is 13.6. The molecule has 4 rings (SSSR count). The molecule has 0 aliphatic carbocycles. The number of methoxy groups -OCH3 is 1. The molecule has 10 heteroatoms. The van der Waals surface area contributed by atoms with Crippen LogP contribution in [-0.2, 0) is 11.3 Å². The molecule has 1 fully saturated rings. The SMILES string of the molecule is CCOCCn1cc(Nc2cc(-c3ccc(N4CCNC4=O)cc3OC)[nH]n2)cn1. The maximum Gasteiger partial charge on any atom is 0.321 e. The molecule has 0 unspecified atom stereocenters. The molecule has 0 bridgehead atoms. The number of rotatable bonds is 9. The second-order valence-corrected chi connectivity index (χ2v) is 6.75. The van der Waals surface area contributed by atoms with Gasteiger partial charge in [0.2, 0.25) is 0 Å². The molecule has 3 N–H and O–H groups in total. The van der Waals surface area contributed by atoms with Gasteiger partial charge in [-0.1, -0.05) is 0 Å². The first-order chi connectivity index (χ1) is 14.7. The summed E-state index contributed by atoms with van der Waals surface area (Å²) in [5.74, 6) is 1.32. The monoisotopic (exact) mass is 411 g/mol. The normalized spacial score (nSPS) is 13.5. The molecule has 0 atom stereocenters. The highest BCUT2D eigenvalue weighted by atomic mass is 16.5. The van der Waals surface area contributed by atoms with Gasteiger partial charge in [0.25, 0.3) is 0 Å². The number of nitrogens with one attached hydrogen (secondary N) is 3. The largest absolute Gasteiger partial charge is 0.496 e. The molecule has 3 heterocycles. The van der Waals surface area contributed by atoms with E-state index in [1.165, 1.54) is 0 Å². The second kappa shape index (κ2) is 8.87. The Kier molecular flexibility index (Phi) is 5.84. The summed E-state index contributed by atoms with van der Waals surface area (Å²) in [6.45, 7) is 5.26. The Balaban J connectivity index is 1.47. The number of nitrogens with zero attached hydrogens (tertiary/aromatic N) is 4. The fraction of sp³-hybridized carbons (Fsp3) is 0.350. The second-order valence-electron chi connectivity index (χ2n) is 6.75. The third-order valence-corrected chi connectivity index (χ3v) is 4.80. The fourth-order valence-electron chi connectivity index (χ4n) is 3.31. The van der Waals surface area contributed by atoms with Crippen molar-refractivity contribution >= 4 is 23.2 Å². The minimum absolute atomic E-state index is 0.0976. The smallest absolute Gasteiger partial charge is 0.321 e.